The van der Waals surface area contributed by atoms with Crippen LogP contribution in [-0.4, -0.2) is 15.0 Å². The van der Waals surface area contributed by atoms with Crippen LogP contribution < -0.4 is 0 Å². The summed E-state index contributed by atoms with van der Waals surface area (Å²) in [5, 5.41) is 0. The van der Waals surface area contributed by atoms with Gasteiger partial charge in [0, 0.05) is 0 Å². The molecule has 0 saturated heterocycles. The Balaban J connectivity index is -0.0000000511. The fourth-order valence-corrected chi connectivity index (χ4v) is 0.180. The monoisotopic (exact) mass is 252 g/mol. The van der Waals surface area contributed by atoms with E-state index in [0.29, 0.717) is 0 Å². The van der Waals surface area contributed by atoms with E-state index >= 15 is 0 Å². The second-order valence-corrected chi connectivity index (χ2v) is 1.89. The minimum absolute atomic E-state index is 0. The van der Waals surface area contributed by atoms with Crippen LogP contribution in [0.2, 0.25) is 0 Å². The maximum Gasteiger partial charge on any atom is 6.00 e. The smallest absolute Gasteiger partial charge is 0.999 e. The number of rotatable bonds is 0. The molecular weight excluding hydrogens is 248 g/mol. The van der Waals surface area contributed by atoms with E-state index < -0.39 is 11.1 Å². The fourth-order valence-electron chi connectivity index (χ4n) is 0.180. The van der Waals surface area contributed by atoms with Crippen LogP contribution in [-0.2, 0) is 37.5 Å². The van der Waals surface area contributed by atoms with E-state index in [1.807, 2.05) is 0 Å². The third-order valence-electron chi connectivity index (χ3n) is 0.351. The zero-order valence-corrected chi connectivity index (χ0v) is 8.89. The van der Waals surface area contributed by atoms with Gasteiger partial charge in [-0.15, -0.1) is 0 Å². The predicted molar refractivity (Wildman–Crippen MR) is 40.1 cm³/mol. The molecule has 0 aliphatic heterocycles. The van der Waals surface area contributed by atoms with Crippen LogP contribution in [0.1, 0.15) is 0 Å². The summed E-state index contributed by atoms with van der Waals surface area (Å²) in [6.45, 7) is 9.00. The van der Waals surface area contributed by atoms with Crippen molar-refractivity contribution in [2.75, 3.05) is 6.26 Å². The molecule has 0 fully saturated rings. The molecule has 0 saturated carbocycles. The Kier molecular flexibility index (Phi) is 49.0. The summed E-state index contributed by atoms with van der Waals surface area (Å²) in [4.78, 5) is 0. The molecule has 0 heterocycles. The first kappa shape index (κ1) is 23.4. The van der Waals surface area contributed by atoms with Gasteiger partial charge in [0.25, 0.3) is 0 Å². The zero-order chi connectivity index (χ0) is 11.1. The van der Waals surface area contributed by atoms with Gasteiger partial charge in [-0.05, 0) is 6.26 Å². The van der Waals surface area contributed by atoms with Crippen LogP contribution in [0.4, 0.5) is 0 Å². The molecule has 0 amide bonds. The zero-order valence-electron chi connectivity index (χ0n) is 6.97. The van der Waals surface area contributed by atoms with Crippen LogP contribution in [0.5, 0.6) is 0 Å². The molecule has 1 aromatic rings. The summed E-state index contributed by atoms with van der Waals surface area (Å²) in [5.41, 5.74) is 0. The fraction of sp³-hybridized carbons (Fsp3) is 0.125. The minimum Gasteiger partial charge on any atom is -0.999 e. The van der Waals surface area contributed by atoms with E-state index in [4.69, 9.17) is 18.1 Å². The molecule has 0 spiro atoms. The van der Waals surface area contributed by atoms with Gasteiger partial charge in [0.15, 0.2) is 0 Å². The van der Waals surface area contributed by atoms with Crippen molar-refractivity contribution in [3.8, 4) is 0 Å². The van der Waals surface area contributed by atoms with E-state index in [1.165, 1.54) is 0 Å². The molecule has 1 aromatic carbocycles. The molecule has 0 N–H and O–H groups in total. The Morgan fingerprint density at radius 1 is 1.21 bits per heavy atom. The molecule has 0 radical (unpaired) electrons. The normalized spacial score (nSPS) is 7.57. The van der Waals surface area contributed by atoms with Crippen LogP contribution in [0.3, 0.4) is 0 Å². The predicted octanol–water partition coefficient (Wildman–Crippen LogP) is 0.0240. The summed E-state index contributed by atoms with van der Waals surface area (Å²) in [6, 6.07) is 12.0. The summed E-state index contributed by atoms with van der Waals surface area (Å²) < 4.78 is 33.0. The van der Waals surface area contributed by atoms with Crippen molar-refractivity contribution >= 4 is 11.1 Å². The molecule has 4 nitrogen and oxygen atoms in total. The summed E-state index contributed by atoms with van der Waals surface area (Å²) >= 11 is -1.86. The Bertz CT molecular complexity index is 191. The summed E-state index contributed by atoms with van der Waals surface area (Å²) in [7, 11) is 0. The third kappa shape index (κ3) is 63.0. The molecule has 1 rings (SSSR count). The molecule has 0 aromatic heterocycles. The van der Waals surface area contributed by atoms with Crippen LogP contribution in [0.15, 0.2) is 6.07 Å². The van der Waals surface area contributed by atoms with Crippen molar-refractivity contribution in [1.29, 1.82) is 0 Å². The van der Waals surface area contributed by atoms with Gasteiger partial charge in [-0.1, -0.05) is 11.1 Å². The molecule has 0 aliphatic carbocycles. The van der Waals surface area contributed by atoms with Gasteiger partial charge in [-0.25, -0.2) is 0 Å². The second kappa shape index (κ2) is 29.4. The Hall–Kier alpha value is -0.541. The van der Waals surface area contributed by atoms with Gasteiger partial charge in [0.2, 0.25) is 0 Å². The molecule has 14 heavy (non-hydrogen) atoms. The quantitative estimate of drug-likeness (QED) is 0.282. The van der Waals surface area contributed by atoms with Crippen molar-refractivity contribution in [2.45, 2.75) is 0 Å². The second-order valence-electron chi connectivity index (χ2n) is 1.08. The SMILES string of the molecule is CS(=O)[O-].[C-]#[O+].[C-]#[O+].[Fe+6].[c-]1[c-][c-][cH-][c-]1. The van der Waals surface area contributed by atoms with Gasteiger partial charge in [0.05, 0.1) is 0 Å². The Labute approximate surface area is 96.3 Å². The standard InChI is InChI=1S/C5H.CH4O2S.2CO.Fe/c1-2-4-5-3-1;1-4(2)3;2*1-2;/h1H;1H3,(H,2,3);;;/q-5;;;;+6/p-1. The van der Waals surface area contributed by atoms with Crippen LogP contribution >= 0.6 is 0 Å². The third-order valence-corrected chi connectivity index (χ3v) is 0.351. The van der Waals surface area contributed by atoms with Crippen LogP contribution in [0, 0.1) is 37.6 Å². The number of hydrogen-bond acceptors (Lipinski definition) is 2. The van der Waals surface area contributed by atoms with Gasteiger partial charge in [-0.3, -0.25) is 4.21 Å². The van der Waals surface area contributed by atoms with Crippen molar-refractivity contribution in [2.24, 2.45) is 0 Å². The minimum atomic E-state index is -1.86. The van der Waals surface area contributed by atoms with Crippen molar-refractivity contribution < 1.29 is 35.1 Å². The van der Waals surface area contributed by atoms with Gasteiger partial charge >= 0.3 is 39.7 Å². The first-order valence-corrected chi connectivity index (χ1v) is 3.96. The molecule has 0 aliphatic rings. The maximum atomic E-state index is 9.00. The van der Waals surface area contributed by atoms with Crippen molar-refractivity contribution in [1.82, 2.24) is 0 Å². The van der Waals surface area contributed by atoms with Gasteiger partial charge in [0.1, 0.15) is 0 Å². The van der Waals surface area contributed by atoms with Crippen molar-refractivity contribution in [3.05, 3.63) is 43.6 Å². The van der Waals surface area contributed by atoms with Gasteiger partial charge < -0.3 is 34.9 Å². The molecule has 6 heteroatoms. The first-order chi connectivity index (χ1) is 6.23. The van der Waals surface area contributed by atoms with E-state index in [2.05, 4.69) is 37.6 Å². The Morgan fingerprint density at radius 2 is 1.43 bits per heavy atom. The Morgan fingerprint density at radius 3 is 1.50 bits per heavy atom. The van der Waals surface area contributed by atoms with Crippen LogP contribution in [0.25, 0.3) is 0 Å². The summed E-state index contributed by atoms with van der Waals surface area (Å²) in [6.07, 6.45) is 1.08. The first-order valence-electron chi connectivity index (χ1n) is 2.48. The number of hydrogen-bond donors (Lipinski definition) is 0. The average molecular weight is 252 g/mol. The molecule has 1 unspecified atom stereocenters. The topological polar surface area (TPSA) is 79.9 Å². The maximum absolute atomic E-state index is 9.00. The van der Waals surface area contributed by atoms with E-state index in [-0.39, 0.29) is 17.1 Å². The molecule has 1 atom stereocenters. The average Bonchev–Trinajstić information content (AvgIpc) is 2.67. The van der Waals surface area contributed by atoms with E-state index in [1.54, 1.807) is 6.07 Å². The molecular formula is C8H4FeO4S. The summed E-state index contributed by atoms with van der Waals surface area (Å²) in [5.74, 6) is 0. The van der Waals surface area contributed by atoms with E-state index in [9.17, 15) is 0 Å². The largest absolute Gasteiger partial charge is 6.00 e. The van der Waals surface area contributed by atoms with Crippen molar-refractivity contribution in [3.63, 3.8) is 0 Å². The molecule has 0 bridgehead atoms. The van der Waals surface area contributed by atoms with E-state index in [0.717, 1.165) is 6.26 Å². The molecule has 74 valence electrons. The van der Waals surface area contributed by atoms with Gasteiger partial charge in [-0.2, -0.15) is 0 Å².